The quantitative estimate of drug-likeness (QED) is 0.793. The lowest BCUT2D eigenvalue weighted by Crippen LogP contribution is -2.43. The number of benzene rings is 1. The zero-order valence-electron chi connectivity index (χ0n) is 12.2. The minimum Gasteiger partial charge on any atom is -0.316 e. The zero-order chi connectivity index (χ0) is 13.7. The highest BCUT2D eigenvalue weighted by atomic mass is 79.9. The van der Waals surface area contributed by atoms with Crippen LogP contribution in [0.5, 0.6) is 0 Å². The summed E-state index contributed by atoms with van der Waals surface area (Å²) in [6.45, 7) is 6.97. The van der Waals surface area contributed by atoms with E-state index < -0.39 is 0 Å². The number of nitrogens with one attached hydrogen (secondary N) is 1. The van der Waals surface area contributed by atoms with Gasteiger partial charge in [-0.05, 0) is 42.9 Å². The maximum atomic E-state index is 3.76. The Labute approximate surface area is 126 Å². The highest BCUT2D eigenvalue weighted by Crippen LogP contribution is 2.49. The molecule has 106 valence electrons. The van der Waals surface area contributed by atoms with Crippen molar-refractivity contribution in [2.75, 3.05) is 13.1 Å². The van der Waals surface area contributed by atoms with E-state index in [9.17, 15) is 0 Å². The highest BCUT2D eigenvalue weighted by Gasteiger charge is 2.40. The summed E-state index contributed by atoms with van der Waals surface area (Å²) in [4.78, 5) is 0. The number of piperidine rings is 1. The second-order valence-electron chi connectivity index (χ2n) is 5.89. The Hall–Kier alpha value is -0.340. The average Bonchev–Trinajstić information content (AvgIpc) is 2.41. The molecule has 19 heavy (non-hydrogen) atoms. The molecule has 0 radical (unpaired) electrons. The van der Waals surface area contributed by atoms with E-state index in [1.54, 1.807) is 0 Å². The molecule has 1 aliphatic heterocycles. The molecule has 0 bridgehead atoms. The third-order valence-corrected chi connectivity index (χ3v) is 5.39. The summed E-state index contributed by atoms with van der Waals surface area (Å²) in [7, 11) is 0. The lowest BCUT2D eigenvalue weighted by Gasteiger charge is -2.45. The second-order valence-corrected chi connectivity index (χ2v) is 6.74. The molecule has 2 heteroatoms. The van der Waals surface area contributed by atoms with Crippen LogP contribution in [0.3, 0.4) is 0 Å². The zero-order valence-corrected chi connectivity index (χ0v) is 13.8. The third kappa shape index (κ3) is 3.22. The van der Waals surface area contributed by atoms with Gasteiger partial charge in [0.25, 0.3) is 0 Å². The van der Waals surface area contributed by atoms with Gasteiger partial charge in [0.05, 0.1) is 0 Å². The molecule has 0 spiro atoms. The third-order valence-electron chi connectivity index (χ3n) is 4.66. The number of halogens is 1. The Balaban J connectivity index is 2.35. The molecule has 0 aliphatic carbocycles. The van der Waals surface area contributed by atoms with E-state index in [1.165, 1.54) is 48.7 Å². The summed E-state index contributed by atoms with van der Waals surface area (Å²) < 4.78 is 1.28. The summed E-state index contributed by atoms with van der Waals surface area (Å²) in [5.41, 5.74) is 2.00. The van der Waals surface area contributed by atoms with Gasteiger partial charge in [0.2, 0.25) is 0 Å². The van der Waals surface area contributed by atoms with Crippen molar-refractivity contribution in [1.29, 1.82) is 0 Å². The molecule has 1 unspecified atom stereocenters. The first-order chi connectivity index (χ1) is 9.23. The minimum absolute atomic E-state index is 0.499. The molecular formula is C17H26BrN. The Morgan fingerprint density at radius 1 is 1.21 bits per heavy atom. The number of rotatable bonds is 5. The van der Waals surface area contributed by atoms with E-state index >= 15 is 0 Å². The van der Waals surface area contributed by atoms with E-state index in [1.807, 2.05) is 0 Å². The first-order valence-corrected chi connectivity index (χ1v) is 8.48. The van der Waals surface area contributed by atoms with Crippen LogP contribution in [0.4, 0.5) is 0 Å². The van der Waals surface area contributed by atoms with Crippen LogP contribution in [0.25, 0.3) is 0 Å². The number of hydrogen-bond donors (Lipinski definition) is 1. The fraction of sp³-hybridized carbons (Fsp3) is 0.647. The normalized spacial score (nSPS) is 22.4. The van der Waals surface area contributed by atoms with Crippen LogP contribution in [0, 0.1) is 5.41 Å². The molecule has 1 nitrogen and oxygen atoms in total. The first kappa shape index (κ1) is 15.1. The smallest absolute Gasteiger partial charge is 0.0210 e. The van der Waals surface area contributed by atoms with E-state index in [0.29, 0.717) is 11.3 Å². The largest absolute Gasteiger partial charge is 0.316 e. The van der Waals surface area contributed by atoms with Crippen molar-refractivity contribution in [1.82, 2.24) is 5.32 Å². The van der Waals surface area contributed by atoms with Crippen LogP contribution in [-0.4, -0.2) is 13.1 Å². The summed E-state index contributed by atoms with van der Waals surface area (Å²) in [6.07, 6.45) is 6.62. The van der Waals surface area contributed by atoms with Crippen LogP contribution in [0.1, 0.15) is 57.4 Å². The van der Waals surface area contributed by atoms with Crippen molar-refractivity contribution in [3.05, 3.63) is 34.3 Å². The van der Waals surface area contributed by atoms with Crippen LogP contribution in [0.15, 0.2) is 28.7 Å². The lowest BCUT2D eigenvalue weighted by molar-refractivity contribution is 0.130. The second kappa shape index (κ2) is 6.90. The maximum absolute atomic E-state index is 3.76. The van der Waals surface area contributed by atoms with Crippen molar-refractivity contribution < 1.29 is 0 Å². The van der Waals surface area contributed by atoms with Crippen LogP contribution in [0.2, 0.25) is 0 Å². The van der Waals surface area contributed by atoms with Crippen LogP contribution in [-0.2, 0) is 0 Å². The van der Waals surface area contributed by atoms with Gasteiger partial charge in [-0.25, -0.2) is 0 Å². The topological polar surface area (TPSA) is 12.0 Å². The summed E-state index contributed by atoms with van der Waals surface area (Å²) in [5, 5.41) is 3.61. The Morgan fingerprint density at radius 3 is 2.53 bits per heavy atom. The van der Waals surface area contributed by atoms with E-state index in [4.69, 9.17) is 0 Å². The predicted octanol–water partition coefficient (Wildman–Crippen LogP) is 5.11. The molecule has 0 aromatic heterocycles. The van der Waals surface area contributed by atoms with Crippen molar-refractivity contribution in [2.24, 2.45) is 5.41 Å². The standard InChI is InChI=1S/C17H26BrN/c1-3-9-17(10-4-2)11-12-19-13-15(17)14-7-5-6-8-16(14)18/h5-8,15,19H,3-4,9-13H2,1-2H3. The Bertz CT molecular complexity index is 390. The molecule has 1 fully saturated rings. The fourth-order valence-corrected chi connectivity index (χ4v) is 4.45. The molecule has 1 aliphatic rings. The first-order valence-electron chi connectivity index (χ1n) is 7.68. The molecule has 1 N–H and O–H groups in total. The van der Waals surface area contributed by atoms with Gasteiger partial charge in [-0.15, -0.1) is 0 Å². The molecule has 2 rings (SSSR count). The van der Waals surface area contributed by atoms with Gasteiger partial charge in [-0.2, -0.15) is 0 Å². The van der Waals surface area contributed by atoms with Crippen LogP contribution < -0.4 is 5.32 Å². The molecule has 0 amide bonds. The van der Waals surface area contributed by atoms with Gasteiger partial charge >= 0.3 is 0 Å². The van der Waals surface area contributed by atoms with Crippen LogP contribution >= 0.6 is 15.9 Å². The SMILES string of the molecule is CCCC1(CCC)CCNCC1c1ccccc1Br. The minimum atomic E-state index is 0.499. The highest BCUT2D eigenvalue weighted by molar-refractivity contribution is 9.10. The van der Waals surface area contributed by atoms with Crippen molar-refractivity contribution in [3.8, 4) is 0 Å². The average molecular weight is 324 g/mol. The van der Waals surface area contributed by atoms with Gasteiger partial charge in [0.1, 0.15) is 0 Å². The van der Waals surface area contributed by atoms with E-state index in [0.717, 1.165) is 6.54 Å². The lowest BCUT2D eigenvalue weighted by atomic mass is 9.63. The van der Waals surface area contributed by atoms with E-state index in [-0.39, 0.29) is 0 Å². The molecule has 0 saturated carbocycles. The summed E-state index contributed by atoms with van der Waals surface area (Å²) >= 11 is 3.76. The number of hydrogen-bond acceptors (Lipinski definition) is 1. The molecular weight excluding hydrogens is 298 g/mol. The fourth-order valence-electron chi connectivity index (χ4n) is 3.89. The summed E-state index contributed by atoms with van der Waals surface area (Å²) in [5.74, 6) is 0.650. The van der Waals surface area contributed by atoms with Gasteiger partial charge in [-0.3, -0.25) is 0 Å². The molecule has 1 saturated heterocycles. The monoisotopic (exact) mass is 323 g/mol. The van der Waals surface area contributed by atoms with Gasteiger partial charge < -0.3 is 5.32 Å². The van der Waals surface area contributed by atoms with Crippen molar-refractivity contribution in [2.45, 2.75) is 51.9 Å². The molecule has 1 atom stereocenters. The molecule has 1 aromatic rings. The van der Waals surface area contributed by atoms with Gasteiger partial charge in [0, 0.05) is 16.9 Å². The predicted molar refractivity (Wildman–Crippen MR) is 86.6 cm³/mol. The van der Waals surface area contributed by atoms with Gasteiger partial charge in [0.15, 0.2) is 0 Å². The van der Waals surface area contributed by atoms with E-state index in [2.05, 4.69) is 59.4 Å². The van der Waals surface area contributed by atoms with Crippen molar-refractivity contribution in [3.63, 3.8) is 0 Å². The Kier molecular flexibility index (Phi) is 5.47. The Morgan fingerprint density at radius 2 is 1.89 bits per heavy atom. The summed E-state index contributed by atoms with van der Waals surface area (Å²) in [6, 6.07) is 8.79. The molecule has 1 aromatic carbocycles. The maximum Gasteiger partial charge on any atom is 0.0210 e. The van der Waals surface area contributed by atoms with Gasteiger partial charge in [-0.1, -0.05) is 60.8 Å². The molecule has 1 heterocycles. The van der Waals surface area contributed by atoms with Crippen molar-refractivity contribution >= 4 is 15.9 Å².